The number of hydrogen-bond acceptors (Lipinski definition) is 0. The van der Waals surface area contributed by atoms with Crippen LogP contribution in [0, 0.1) is 0 Å². The Labute approximate surface area is 368 Å². The highest BCUT2D eigenvalue weighted by Crippen LogP contribution is 2.44. The van der Waals surface area contributed by atoms with E-state index in [1.807, 2.05) is 0 Å². The molecule has 0 radical (unpaired) electrons. The van der Waals surface area contributed by atoms with Crippen LogP contribution in [-0.2, 0) is 0 Å². The maximum absolute atomic E-state index is 2.82. The second-order valence-electron chi connectivity index (χ2n) is 16.4. The standard InChI is InChI=1S/C60H42N2Si/c1-6-22-43(23-7-1)49-34-20-35-50(44-24-8-2-9-25-44)60(49)62-55-37-19-17-33-53(55)59-56(38-21-39-57(59)62)61-54-36-18-16-32-51(54)52-41-40-48(42-58(52)61)63(45-26-10-3-11-27-45,46-28-12-4-13-29-46)47-30-14-5-15-31-47/h1-42H. The van der Waals surface area contributed by atoms with Gasteiger partial charge in [-0.15, -0.1) is 0 Å². The summed E-state index contributed by atoms with van der Waals surface area (Å²) in [5, 5.41) is 10.4. The molecule has 10 aromatic carbocycles. The first kappa shape index (κ1) is 36.8. The fourth-order valence-corrected chi connectivity index (χ4v) is 15.2. The van der Waals surface area contributed by atoms with Crippen molar-refractivity contribution in [2.45, 2.75) is 0 Å². The third-order valence-electron chi connectivity index (χ3n) is 13.1. The zero-order valence-corrected chi connectivity index (χ0v) is 35.6. The third-order valence-corrected chi connectivity index (χ3v) is 17.8. The third kappa shape index (κ3) is 5.78. The van der Waals surface area contributed by atoms with Crippen LogP contribution in [0.3, 0.4) is 0 Å². The molecule has 12 rings (SSSR count). The lowest BCUT2D eigenvalue weighted by molar-refractivity contribution is 1.17. The average molecular weight is 819 g/mol. The smallest absolute Gasteiger partial charge is 0.179 e. The summed E-state index contributed by atoms with van der Waals surface area (Å²) in [6.07, 6.45) is 0. The highest BCUT2D eigenvalue weighted by atomic mass is 28.3. The molecule has 0 amide bonds. The highest BCUT2D eigenvalue weighted by molar-refractivity contribution is 7.20. The SMILES string of the molecule is c1ccc(-c2cccc(-c3ccccc3)c2-n2c3ccccc3c3c(-n4c5ccccc5c5ccc([Si](c6ccccc6)(c6ccccc6)c6ccccc6)cc54)cccc32)cc1. The molecule has 0 saturated carbocycles. The van der Waals surface area contributed by atoms with Crippen LogP contribution in [-0.4, -0.2) is 17.2 Å². The van der Waals surface area contributed by atoms with E-state index < -0.39 is 8.07 Å². The van der Waals surface area contributed by atoms with Crippen LogP contribution in [0.25, 0.3) is 77.2 Å². The molecule has 3 heteroatoms. The fraction of sp³-hybridized carbons (Fsp3) is 0. The topological polar surface area (TPSA) is 9.86 Å². The van der Waals surface area contributed by atoms with Crippen molar-refractivity contribution in [3.63, 3.8) is 0 Å². The van der Waals surface area contributed by atoms with Gasteiger partial charge in [-0.05, 0) is 62.2 Å². The summed E-state index contributed by atoms with van der Waals surface area (Å²) in [7, 11) is -2.82. The van der Waals surface area contributed by atoms with E-state index in [-0.39, 0.29) is 0 Å². The van der Waals surface area contributed by atoms with E-state index in [2.05, 4.69) is 264 Å². The van der Waals surface area contributed by atoms with E-state index in [1.165, 1.54) is 86.8 Å². The molecular weight excluding hydrogens is 777 g/mol. The van der Waals surface area contributed by atoms with Crippen molar-refractivity contribution in [3.05, 3.63) is 255 Å². The number of fused-ring (bicyclic) bond motifs is 6. The van der Waals surface area contributed by atoms with E-state index in [0.717, 1.165) is 11.2 Å². The van der Waals surface area contributed by atoms with E-state index in [0.29, 0.717) is 0 Å². The molecule has 2 aromatic heterocycles. The number of benzene rings is 10. The van der Waals surface area contributed by atoms with Crippen LogP contribution < -0.4 is 20.7 Å². The Hall–Kier alpha value is -7.98. The molecule has 0 N–H and O–H groups in total. The first-order chi connectivity index (χ1) is 31.3. The van der Waals surface area contributed by atoms with Crippen molar-refractivity contribution in [1.29, 1.82) is 0 Å². The maximum atomic E-state index is 2.55. The minimum Gasteiger partial charge on any atom is -0.309 e. The van der Waals surface area contributed by atoms with Gasteiger partial charge in [0.15, 0.2) is 8.07 Å². The first-order valence-corrected chi connectivity index (χ1v) is 23.8. The van der Waals surface area contributed by atoms with Crippen molar-refractivity contribution in [2.75, 3.05) is 0 Å². The molecule has 296 valence electrons. The van der Waals surface area contributed by atoms with Gasteiger partial charge in [-0.1, -0.05) is 224 Å². The summed E-state index contributed by atoms with van der Waals surface area (Å²) >= 11 is 0. The van der Waals surface area contributed by atoms with Crippen molar-refractivity contribution >= 4 is 72.4 Å². The molecule has 0 aliphatic carbocycles. The zero-order chi connectivity index (χ0) is 41.7. The summed E-state index contributed by atoms with van der Waals surface area (Å²) in [5.41, 5.74) is 11.8. The van der Waals surface area contributed by atoms with Gasteiger partial charge in [0.1, 0.15) is 0 Å². The van der Waals surface area contributed by atoms with Crippen molar-refractivity contribution in [3.8, 4) is 33.6 Å². The lowest BCUT2D eigenvalue weighted by Gasteiger charge is -2.34. The Morgan fingerprint density at radius 2 is 0.698 bits per heavy atom. The lowest BCUT2D eigenvalue weighted by atomic mass is 9.95. The molecule has 0 fully saturated rings. The van der Waals surface area contributed by atoms with Gasteiger partial charge in [-0.3, -0.25) is 0 Å². The average Bonchev–Trinajstić information content (AvgIpc) is 3.88. The van der Waals surface area contributed by atoms with Gasteiger partial charge in [0.25, 0.3) is 0 Å². The normalized spacial score (nSPS) is 11.8. The number of hydrogen-bond donors (Lipinski definition) is 0. The van der Waals surface area contributed by atoms with Gasteiger partial charge in [-0.25, -0.2) is 0 Å². The molecule has 12 aromatic rings. The second-order valence-corrected chi connectivity index (χ2v) is 20.2. The number of nitrogens with zero attached hydrogens (tertiary/aromatic N) is 2. The monoisotopic (exact) mass is 818 g/mol. The molecule has 63 heavy (non-hydrogen) atoms. The van der Waals surface area contributed by atoms with Crippen LogP contribution in [0.15, 0.2) is 255 Å². The molecule has 0 bridgehead atoms. The Morgan fingerprint density at radius 3 is 1.25 bits per heavy atom. The first-order valence-electron chi connectivity index (χ1n) is 21.8. The van der Waals surface area contributed by atoms with Crippen LogP contribution in [0.1, 0.15) is 0 Å². The molecule has 0 aliphatic rings. The van der Waals surface area contributed by atoms with Gasteiger partial charge in [0.05, 0.1) is 33.4 Å². The predicted molar refractivity (Wildman–Crippen MR) is 270 cm³/mol. The largest absolute Gasteiger partial charge is 0.309 e. The molecule has 0 unspecified atom stereocenters. The molecule has 0 saturated heterocycles. The van der Waals surface area contributed by atoms with Crippen LogP contribution >= 0.6 is 0 Å². The van der Waals surface area contributed by atoms with Gasteiger partial charge < -0.3 is 9.13 Å². The van der Waals surface area contributed by atoms with Crippen molar-refractivity contribution in [2.24, 2.45) is 0 Å². The Morgan fingerprint density at radius 1 is 0.270 bits per heavy atom. The molecule has 2 nitrogen and oxygen atoms in total. The minimum absolute atomic E-state index is 1.16. The Kier molecular flexibility index (Phi) is 8.87. The molecule has 0 spiro atoms. The number of rotatable bonds is 8. The van der Waals surface area contributed by atoms with Gasteiger partial charge in [-0.2, -0.15) is 0 Å². The van der Waals surface area contributed by atoms with E-state index in [1.54, 1.807) is 0 Å². The fourth-order valence-electron chi connectivity index (χ4n) is 10.4. The Balaban J connectivity index is 1.20. The summed E-state index contributed by atoms with van der Waals surface area (Å²) < 4.78 is 5.07. The van der Waals surface area contributed by atoms with E-state index >= 15 is 0 Å². The number of para-hydroxylation sites is 3. The quantitative estimate of drug-likeness (QED) is 0.107. The van der Waals surface area contributed by atoms with Crippen LogP contribution in [0.5, 0.6) is 0 Å². The van der Waals surface area contributed by atoms with Crippen LogP contribution in [0.2, 0.25) is 0 Å². The summed E-state index contributed by atoms with van der Waals surface area (Å²) in [6.45, 7) is 0. The van der Waals surface area contributed by atoms with E-state index in [9.17, 15) is 0 Å². The number of aromatic nitrogens is 2. The van der Waals surface area contributed by atoms with Gasteiger partial charge in [0, 0.05) is 32.7 Å². The maximum Gasteiger partial charge on any atom is 0.179 e. The summed E-state index contributed by atoms with van der Waals surface area (Å²) in [6, 6.07) is 94.3. The molecule has 0 aliphatic heterocycles. The highest BCUT2D eigenvalue weighted by Gasteiger charge is 2.41. The van der Waals surface area contributed by atoms with Gasteiger partial charge >= 0.3 is 0 Å². The lowest BCUT2D eigenvalue weighted by Crippen LogP contribution is -2.74. The Bertz CT molecular complexity index is 3440. The molecular formula is C60H42N2Si. The predicted octanol–water partition coefficient (Wildman–Crippen LogP) is 12.6. The van der Waals surface area contributed by atoms with Crippen LogP contribution in [0.4, 0.5) is 0 Å². The molecule has 2 heterocycles. The zero-order valence-electron chi connectivity index (χ0n) is 34.6. The molecule has 0 atom stereocenters. The second kappa shape index (κ2) is 15.2. The van der Waals surface area contributed by atoms with Crippen molar-refractivity contribution in [1.82, 2.24) is 9.13 Å². The van der Waals surface area contributed by atoms with Gasteiger partial charge in [0.2, 0.25) is 0 Å². The van der Waals surface area contributed by atoms with Crippen molar-refractivity contribution < 1.29 is 0 Å². The minimum atomic E-state index is -2.82. The summed E-state index contributed by atoms with van der Waals surface area (Å²) in [4.78, 5) is 0. The van der Waals surface area contributed by atoms with E-state index in [4.69, 9.17) is 0 Å². The summed E-state index contributed by atoms with van der Waals surface area (Å²) in [5.74, 6) is 0.